The van der Waals surface area contributed by atoms with Crippen LogP contribution in [0.5, 0.6) is 0 Å². The van der Waals surface area contributed by atoms with E-state index in [4.69, 9.17) is 5.11 Å². The monoisotopic (exact) mass is 220 g/mol. The lowest BCUT2D eigenvalue weighted by atomic mass is 10.2. The van der Waals surface area contributed by atoms with Crippen LogP contribution in [0.25, 0.3) is 5.70 Å². The van der Waals surface area contributed by atoms with Crippen LogP contribution in [0.2, 0.25) is 0 Å². The molecule has 6 nitrogen and oxygen atoms in total. The average molecular weight is 220 g/mol. The van der Waals surface area contributed by atoms with E-state index in [0.29, 0.717) is 11.3 Å². The van der Waals surface area contributed by atoms with Gasteiger partial charge >= 0.3 is 5.97 Å². The van der Waals surface area contributed by atoms with E-state index < -0.39 is 5.97 Å². The molecule has 0 fully saturated rings. The predicted molar refractivity (Wildman–Crippen MR) is 61.9 cm³/mol. The Hall–Kier alpha value is -2.24. The first-order valence-corrected chi connectivity index (χ1v) is 4.52. The summed E-state index contributed by atoms with van der Waals surface area (Å²) in [6.07, 6.45) is 4.58. The molecule has 0 aliphatic rings. The van der Waals surface area contributed by atoms with Gasteiger partial charge in [0.05, 0.1) is 17.5 Å². The zero-order valence-corrected chi connectivity index (χ0v) is 9.08. The Bertz CT molecular complexity index is 471. The Balaban J connectivity index is 3.29. The van der Waals surface area contributed by atoms with Crippen molar-refractivity contribution in [2.75, 3.05) is 0 Å². The highest BCUT2D eigenvalue weighted by Crippen LogP contribution is 2.19. The van der Waals surface area contributed by atoms with Crippen LogP contribution in [-0.2, 0) is 7.05 Å². The van der Waals surface area contributed by atoms with Crippen molar-refractivity contribution in [1.82, 2.24) is 9.78 Å². The van der Waals surface area contributed by atoms with Crippen molar-refractivity contribution < 1.29 is 9.90 Å². The second-order valence-corrected chi connectivity index (χ2v) is 2.95. The van der Waals surface area contributed by atoms with Crippen LogP contribution in [0.15, 0.2) is 22.4 Å². The van der Waals surface area contributed by atoms with Crippen LogP contribution in [0.4, 0.5) is 0 Å². The number of nitrogens with zero attached hydrogens (tertiary/aromatic N) is 4. The molecule has 16 heavy (non-hydrogen) atoms. The van der Waals surface area contributed by atoms with E-state index in [2.05, 4.69) is 21.8 Å². The van der Waals surface area contributed by atoms with E-state index in [1.165, 1.54) is 10.9 Å². The molecule has 0 bridgehead atoms. The molecule has 84 valence electrons. The molecule has 0 aliphatic carbocycles. The molecule has 6 heteroatoms. The van der Waals surface area contributed by atoms with E-state index in [0.717, 1.165) is 0 Å². The molecular formula is C10H12N4O2. The van der Waals surface area contributed by atoms with Gasteiger partial charge in [0.15, 0.2) is 5.69 Å². The van der Waals surface area contributed by atoms with Gasteiger partial charge in [-0.15, -0.1) is 0 Å². The summed E-state index contributed by atoms with van der Waals surface area (Å²) in [5.41, 5.74) is 0.714. The third-order valence-corrected chi connectivity index (χ3v) is 1.82. The Morgan fingerprint density at radius 2 is 2.38 bits per heavy atom. The molecule has 0 aliphatic heterocycles. The largest absolute Gasteiger partial charge is 0.476 e. The molecule has 0 radical (unpaired) electrons. The number of rotatable bonds is 4. The molecule has 1 N–H and O–H groups in total. The van der Waals surface area contributed by atoms with Crippen LogP contribution >= 0.6 is 0 Å². The number of aromatic carboxylic acids is 1. The average Bonchev–Trinajstić information content (AvgIpc) is 2.62. The van der Waals surface area contributed by atoms with Gasteiger partial charge in [0.25, 0.3) is 0 Å². The molecule has 0 saturated heterocycles. The molecule has 0 saturated carbocycles. The summed E-state index contributed by atoms with van der Waals surface area (Å²) in [7, 11) is 1.64. The summed E-state index contributed by atoms with van der Waals surface area (Å²) in [5, 5.41) is 12.8. The first kappa shape index (κ1) is 11.8. The maximum absolute atomic E-state index is 10.9. The normalized spacial score (nSPS) is 12.0. The van der Waals surface area contributed by atoms with Crippen molar-refractivity contribution in [2.45, 2.75) is 6.92 Å². The number of carboxylic acids is 1. The second-order valence-electron chi connectivity index (χ2n) is 2.95. The fraction of sp³-hybridized carbons (Fsp3) is 0.200. The van der Waals surface area contributed by atoms with Crippen molar-refractivity contribution >= 4 is 24.6 Å². The maximum atomic E-state index is 10.9. The van der Waals surface area contributed by atoms with Gasteiger partial charge in [-0.1, -0.05) is 0 Å². The fourth-order valence-electron chi connectivity index (χ4n) is 1.17. The van der Waals surface area contributed by atoms with Gasteiger partial charge in [-0.2, -0.15) is 5.10 Å². The predicted octanol–water partition coefficient (Wildman–Crippen LogP) is 1.21. The van der Waals surface area contributed by atoms with Gasteiger partial charge < -0.3 is 5.11 Å². The summed E-state index contributed by atoms with van der Waals surface area (Å²) in [5.74, 6) is -1.11. The van der Waals surface area contributed by atoms with Crippen molar-refractivity contribution in [3.8, 4) is 0 Å². The smallest absolute Gasteiger partial charge is 0.357 e. The van der Waals surface area contributed by atoms with Crippen molar-refractivity contribution in [2.24, 2.45) is 17.0 Å². The number of aromatic nitrogens is 2. The number of hydrogen-bond donors (Lipinski definition) is 1. The molecular weight excluding hydrogens is 208 g/mol. The molecule has 0 aromatic carbocycles. The van der Waals surface area contributed by atoms with Crippen molar-refractivity contribution in [3.05, 3.63) is 23.7 Å². The van der Waals surface area contributed by atoms with Crippen LogP contribution in [0.1, 0.15) is 23.0 Å². The number of hydrogen-bond acceptors (Lipinski definition) is 4. The van der Waals surface area contributed by atoms with E-state index >= 15 is 0 Å². The van der Waals surface area contributed by atoms with Gasteiger partial charge in [-0.25, -0.2) is 4.79 Å². The SMILES string of the molecule is C=N/C(=C\N=CC)c1cn(C)nc1C(=O)O. The fourth-order valence-corrected chi connectivity index (χ4v) is 1.17. The maximum Gasteiger partial charge on any atom is 0.357 e. The minimum absolute atomic E-state index is 0.0625. The Kier molecular flexibility index (Phi) is 3.71. The van der Waals surface area contributed by atoms with Crippen LogP contribution in [0.3, 0.4) is 0 Å². The molecule has 1 aromatic heterocycles. The summed E-state index contributed by atoms with van der Waals surface area (Å²) >= 11 is 0. The molecule has 0 amide bonds. The summed E-state index contributed by atoms with van der Waals surface area (Å²) < 4.78 is 1.41. The van der Waals surface area contributed by atoms with Crippen LogP contribution in [0, 0.1) is 0 Å². The zero-order valence-electron chi connectivity index (χ0n) is 9.08. The van der Waals surface area contributed by atoms with Gasteiger partial charge in [0, 0.05) is 19.5 Å². The van der Waals surface area contributed by atoms with Gasteiger partial charge in [-0.3, -0.25) is 14.7 Å². The first-order chi connectivity index (χ1) is 7.60. The Morgan fingerprint density at radius 1 is 1.69 bits per heavy atom. The summed E-state index contributed by atoms with van der Waals surface area (Å²) in [6, 6.07) is 0. The lowest BCUT2D eigenvalue weighted by Crippen LogP contribution is -2.01. The van der Waals surface area contributed by atoms with Gasteiger partial charge in [0.1, 0.15) is 0 Å². The number of carboxylic acid groups (broad SMARTS) is 1. The highest BCUT2D eigenvalue weighted by Gasteiger charge is 2.17. The van der Waals surface area contributed by atoms with E-state index in [1.807, 2.05) is 0 Å². The molecule has 1 aromatic rings. The third-order valence-electron chi connectivity index (χ3n) is 1.82. The van der Waals surface area contributed by atoms with E-state index in [9.17, 15) is 4.79 Å². The van der Waals surface area contributed by atoms with E-state index in [-0.39, 0.29) is 5.69 Å². The number of carbonyl (C=O) groups is 1. The minimum Gasteiger partial charge on any atom is -0.476 e. The van der Waals surface area contributed by atoms with E-state index in [1.54, 1.807) is 26.4 Å². The summed E-state index contributed by atoms with van der Waals surface area (Å²) in [6.45, 7) is 5.13. The highest BCUT2D eigenvalue weighted by atomic mass is 16.4. The Labute approximate surface area is 92.7 Å². The van der Waals surface area contributed by atoms with Crippen molar-refractivity contribution in [1.29, 1.82) is 0 Å². The van der Waals surface area contributed by atoms with Crippen LogP contribution in [-0.4, -0.2) is 33.8 Å². The molecule has 0 unspecified atom stereocenters. The highest BCUT2D eigenvalue weighted by molar-refractivity contribution is 5.92. The Morgan fingerprint density at radius 3 is 2.88 bits per heavy atom. The molecule has 1 rings (SSSR count). The lowest BCUT2D eigenvalue weighted by Gasteiger charge is -1.96. The lowest BCUT2D eigenvalue weighted by molar-refractivity contribution is 0.0689. The second kappa shape index (κ2) is 5.01. The minimum atomic E-state index is -1.11. The molecule has 1 heterocycles. The molecule has 0 atom stereocenters. The first-order valence-electron chi connectivity index (χ1n) is 4.52. The third kappa shape index (κ3) is 2.41. The van der Waals surface area contributed by atoms with Crippen LogP contribution < -0.4 is 0 Å². The molecule has 0 spiro atoms. The topological polar surface area (TPSA) is 79.8 Å². The zero-order chi connectivity index (χ0) is 12.1. The number of aliphatic imine (C=N–C) groups is 2. The van der Waals surface area contributed by atoms with Crippen molar-refractivity contribution in [3.63, 3.8) is 0 Å². The quantitative estimate of drug-likeness (QED) is 0.774. The summed E-state index contributed by atoms with van der Waals surface area (Å²) in [4.78, 5) is 18.5. The van der Waals surface area contributed by atoms with Gasteiger partial charge in [0.2, 0.25) is 0 Å². The number of aryl methyl sites for hydroxylation is 1. The van der Waals surface area contributed by atoms with Gasteiger partial charge in [-0.05, 0) is 13.6 Å². The standard InChI is InChI=1S/C10H12N4O2/c1-4-12-5-8(11-2)7-6-14(3)13-9(7)10(15)16/h4-6H,2H2,1,3H3,(H,15,16)/b8-5-,12-4?.